The van der Waals surface area contributed by atoms with Crippen molar-refractivity contribution in [3.05, 3.63) is 24.2 Å². The third kappa shape index (κ3) is 3.88. The highest BCUT2D eigenvalue weighted by Gasteiger charge is 2.40. The van der Waals surface area contributed by atoms with Crippen molar-refractivity contribution in [1.29, 1.82) is 0 Å². The van der Waals surface area contributed by atoms with E-state index in [9.17, 15) is 9.90 Å². The van der Waals surface area contributed by atoms with Crippen LogP contribution in [-0.4, -0.2) is 29.1 Å². The maximum Gasteiger partial charge on any atom is 0.308 e. The lowest BCUT2D eigenvalue weighted by molar-refractivity contribution is -0.146. The molecule has 0 amide bonds. The summed E-state index contributed by atoms with van der Waals surface area (Å²) in [5.74, 6) is -0.350. The van der Waals surface area contributed by atoms with Gasteiger partial charge in [0, 0.05) is 18.2 Å². The van der Waals surface area contributed by atoms with Gasteiger partial charge < -0.3 is 9.52 Å². The Hall–Kier alpha value is -1.29. The van der Waals surface area contributed by atoms with Crippen LogP contribution in [-0.2, 0) is 11.3 Å². The molecular formula is C17H27NO3. The van der Waals surface area contributed by atoms with Crippen LogP contribution in [0.2, 0.25) is 0 Å². The maximum absolute atomic E-state index is 11.6. The maximum atomic E-state index is 11.6. The number of hydrogen-bond donors (Lipinski definition) is 1. The van der Waals surface area contributed by atoms with E-state index in [1.807, 2.05) is 13.1 Å². The lowest BCUT2D eigenvalue weighted by atomic mass is 9.67. The number of furan rings is 1. The molecule has 118 valence electrons. The highest BCUT2D eigenvalue weighted by atomic mass is 16.4. The molecule has 1 aliphatic rings. The lowest BCUT2D eigenvalue weighted by Crippen LogP contribution is -2.47. The van der Waals surface area contributed by atoms with E-state index < -0.39 is 5.97 Å². The Morgan fingerprint density at radius 1 is 1.43 bits per heavy atom. The van der Waals surface area contributed by atoms with Crippen molar-refractivity contribution in [3.63, 3.8) is 0 Å². The smallest absolute Gasteiger partial charge is 0.308 e. The van der Waals surface area contributed by atoms with Gasteiger partial charge in [0.25, 0.3) is 0 Å². The van der Waals surface area contributed by atoms with E-state index in [0.717, 1.165) is 31.4 Å². The van der Waals surface area contributed by atoms with Gasteiger partial charge >= 0.3 is 5.97 Å². The second kappa shape index (κ2) is 6.22. The minimum atomic E-state index is -0.661. The minimum absolute atomic E-state index is 0.0929. The van der Waals surface area contributed by atoms with E-state index in [1.165, 1.54) is 0 Å². The first-order chi connectivity index (χ1) is 9.79. The second-order valence-electron chi connectivity index (χ2n) is 7.43. The first-order valence-electron chi connectivity index (χ1n) is 7.73. The summed E-state index contributed by atoms with van der Waals surface area (Å²) in [6, 6.07) is 2.03. The number of hydrogen-bond acceptors (Lipinski definition) is 3. The van der Waals surface area contributed by atoms with E-state index in [1.54, 1.807) is 12.5 Å². The van der Waals surface area contributed by atoms with Crippen LogP contribution in [0.25, 0.3) is 0 Å². The molecule has 1 fully saturated rings. The molecule has 4 nitrogen and oxygen atoms in total. The van der Waals surface area contributed by atoms with Crippen molar-refractivity contribution in [2.24, 2.45) is 17.3 Å². The number of carboxylic acids is 1. The van der Waals surface area contributed by atoms with E-state index in [-0.39, 0.29) is 17.4 Å². The van der Waals surface area contributed by atoms with Gasteiger partial charge in [0.05, 0.1) is 18.4 Å². The van der Waals surface area contributed by atoms with Gasteiger partial charge in [0.15, 0.2) is 0 Å². The van der Waals surface area contributed by atoms with Gasteiger partial charge in [-0.15, -0.1) is 0 Å². The van der Waals surface area contributed by atoms with Gasteiger partial charge in [-0.2, -0.15) is 0 Å². The van der Waals surface area contributed by atoms with Gasteiger partial charge in [-0.1, -0.05) is 20.8 Å². The summed E-state index contributed by atoms with van der Waals surface area (Å²) in [6.45, 7) is 7.51. The molecule has 0 aromatic carbocycles. The van der Waals surface area contributed by atoms with Crippen LogP contribution < -0.4 is 0 Å². The Morgan fingerprint density at radius 2 is 2.14 bits per heavy atom. The Kier molecular flexibility index (Phi) is 4.77. The second-order valence-corrected chi connectivity index (χ2v) is 7.43. The highest BCUT2D eigenvalue weighted by molar-refractivity contribution is 5.71. The van der Waals surface area contributed by atoms with E-state index in [2.05, 4.69) is 25.7 Å². The predicted octanol–water partition coefficient (Wildman–Crippen LogP) is 3.63. The zero-order valence-corrected chi connectivity index (χ0v) is 13.5. The molecule has 1 aromatic heterocycles. The van der Waals surface area contributed by atoms with Gasteiger partial charge in [0.2, 0.25) is 0 Å². The van der Waals surface area contributed by atoms with Crippen LogP contribution in [0.3, 0.4) is 0 Å². The number of aliphatic carboxylic acids is 1. The summed E-state index contributed by atoms with van der Waals surface area (Å²) < 4.78 is 5.11. The van der Waals surface area contributed by atoms with Crippen LogP contribution in [0.15, 0.2) is 23.0 Å². The Balaban J connectivity index is 2.11. The largest absolute Gasteiger partial charge is 0.481 e. The molecule has 0 aliphatic heterocycles. The number of nitrogens with zero attached hydrogens (tertiary/aromatic N) is 1. The average Bonchev–Trinajstić information content (AvgIpc) is 2.89. The normalized spacial score (nSPS) is 27.0. The van der Waals surface area contributed by atoms with Crippen LogP contribution in [0.1, 0.15) is 45.6 Å². The van der Waals surface area contributed by atoms with Gasteiger partial charge in [-0.3, -0.25) is 9.69 Å². The molecule has 1 aromatic rings. The fourth-order valence-electron chi connectivity index (χ4n) is 3.50. The van der Waals surface area contributed by atoms with E-state index in [0.29, 0.717) is 5.92 Å². The predicted molar refractivity (Wildman–Crippen MR) is 81.9 cm³/mol. The van der Waals surface area contributed by atoms with Crippen molar-refractivity contribution in [1.82, 2.24) is 4.90 Å². The van der Waals surface area contributed by atoms with Crippen LogP contribution >= 0.6 is 0 Å². The molecule has 1 heterocycles. The molecule has 0 bridgehead atoms. The summed E-state index contributed by atoms with van der Waals surface area (Å²) in [4.78, 5) is 13.8. The fourth-order valence-corrected chi connectivity index (χ4v) is 3.50. The topological polar surface area (TPSA) is 53.7 Å². The molecule has 0 radical (unpaired) electrons. The van der Waals surface area contributed by atoms with Crippen molar-refractivity contribution in [2.45, 2.75) is 52.6 Å². The number of carboxylic acid groups (broad SMARTS) is 1. The SMILES string of the molecule is CN(Cc1ccoc1)C1CC(C(C)(C)C)CCC1C(=O)O. The van der Waals surface area contributed by atoms with Crippen LogP contribution in [0.4, 0.5) is 0 Å². The van der Waals surface area contributed by atoms with Gasteiger partial charge in [0.1, 0.15) is 0 Å². The summed E-state index contributed by atoms with van der Waals surface area (Å²) >= 11 is 0. The molecule has 3 atom stereocenters. The fraction of sp³-hybridized carbons (Fsp3) is 0.706. The lowest BCUT2D eigenvalue weighted by Gasteiger charge is -2.43. The summed E-state index contributed by atoms with van der Waals surface area (Å²) in [7, 11) is 2.03. The van der Waals surface area contributed by atoms with Crippen molar-refractivity contribution in [3.8, 4) is 0 Å². The molecule has 0 spiro atoms. The van der Waals surface area contributed by atoms with E-state index in [4.69, 9.17) is 4.42 Å². The van der Waals surface area contributed by atoms with Crippen molar-refractivity contribution >= 4 is 5.97 Å². The highest BCUT2D eigenvalue weighted by Crippen LogP contribution is 2.41. The molecule has 0 saturated heterocycles. The molecule has 2 rings (SSSR count). The minimum Gasteiger partial charge on any atom is -0.481 e. The molecule has 1 aliphatic carbocycles. The van der Waals surface area contributed by atoms with Crippen LogP contribution in [0.5, 0.6) is 0 Å². The monoisotopic (exact) mass is 293 g/mol. The summed E-state index contributed by atoms with van der Waals surface area (Å²) in [6.07, 6.45) is 6.13. The van der Waals surface area contributed by atoms with Crippen LogP contribution in [0, 0.1) is 17.3 Å². The first-order valence-corrected chi connectivity index (χ1v) is 7.73. The zero-order chi connectivity index (χ0) is 15.6. The van der Waals surface area contributed by atoms with Crippen molar-refractivity contribution in [2.75, 3.05) is 7.05 Å². The molecule has 1 N–H and O–H groups in total. The Morgan fingerprint density at radius 3 is 2.67 bits per heavy atom. The Labute approximate surface area is 127 Å². The zero-order valence-electron chi connectivity index (χ0n) is 13.5. The number of rotatable bonds is 4. The quantitative estimate of drug-likeness (QED) is 0.921. The third-order valence-corrected chi connectivity index (χ3v) is 4.94. The standard InChI is InChI=1S/C17H27NO3/c1-17(2,3)13-5-6-14(16(19)20)15(9-13)18(4)10-12-7-8-21-11-12/h7-8,11,13-15H,5-6,9-10H2,1-4H3,(H,19,20). The van der Waals surface area contributed by atoms with E-state index >= 15 is 0 Å². The van der Waals surface area contributed by atoms with Gasteiger partial charge in [-0.25, -0.2) is 0 Å². The molecular weight excluding hydrogens is 266 g/mol. The van der Waals surface area contributed by atoms with Crippen molar-refractivity contribution < 1.29 is 14.3 Å². The van der Waals surface area contributed by atoms with Gasteiger partial charge in [-0.05, 0) is 43.7 Å². The number of carbonyl (C=O) groups is 1. The summed E-state index contributed by atoms with van der Waals surface area (Å²) in [5, 5.41) is 9.53. The first kappa shape index (κ1) is 16.1. The Bertz CT molecular complexity index is 461. The summed E-state index contributed by atoms with van der Waals surface area (Å²) in [5.41, 5.74) is 1.33. The third-order valence-electron chi connectivity index (χ3n) is 4.94. The molecule has 21 heavy (non-hydrogen) atoms. The molecule has 3 unspecified atom stereocenters. The molecule has 1 saturated carbocycles. The average molecular weight is 293 g/mol. The molecule has 4 heteroatoms.